The number of esters is 1. The van der Waals surface area contributed by atoms with Crippen molar-refractivity contribution in [2.45, 2.75) is 18.7 Å². The largest absolute Gasteiger partial charge is 0.465 e. The van der Waals surface area contributed by atoms with Crippen LogP contribution < -0.4 is 10.0 Å². The number of nitrogens with one attached hydrogen (secondary N) is 2. The van der Waals surface area contributed by atoms with Gasteiger partial charge in [-0.15, -0.1) is 0 Å². The fourth-order valence-corrected chi connectivity index (χ4v) is 2.97. The zero-order valence-electron chi connectivity index (χ0n) is 13.7. The van der Waals surface area contributed by atoms with Crippen molar-refractivity contribution in [2.24, 2.45) is 0 Å². The van der Waals surface area contributed by atoms with Crippen LogP contribution in [0.15, 0.2) is 35.4 Å². The molecule has 9 nitrogen and oxygen atoms in total. The number of hydrogen-bond acceptors (Lipinski definition) is 7. The van der Waals surface area contributed by atoms with Crippen LogP contribution in [0, 0.1) is 13.8 Å². The summed E-state index contributed by atoms with van der Waals surface area (Å²) in [4.78, 5) is 31.2. The van der Waals surface area contributed by atoms with Gasteiger partial charge >= 0.3 is 12.0 Å². The molecule has 1 heterocycles. The van der Waals surface area contributed by atoms with Crippen molar-refractivity contribution in [3.63, 3.8) is 0 Å². The minimum atomic E-state index is -4.30. The highest BCUT2D eigenvalue weighted by Gasteiger charge is 2.24. The number of rotatable bonds is 4. The lowest BCUT2D eigenvalue weighted by Gasteiger charge is -2.11. The molecule has 0 unspecified atom stereocenters. The molecule has 0 fully saturated rings. The van der Waals surface area contributed by atoms with Crippen LogP contribution in [0.1, 0.15) is 21.6 Å². The van der Waals surface area contributed by atoms with Crippen LogP contribution >= 0.6 is 0 Å². The van der Waals surface area contributed by atoms with Crippen LogP contribution in [0.2, 0.25) is 0 Å². The molecule has 2 aromatic rings. The molecule has 2 N–H and O–H groups in total. The summed E-state index contributed by atoms with van der Waals surface area (Å²) >= 11 is 0. The van der Waals surface area contributed by atoms with E-state index in [4.69, 9.17) is 0 Å². The van der Waals surface area contributed by atoms with Crippen LogP contribution in [0.3, 0.4) is 0 Å². The first-order valence-corrected chi connectivity index (χ1v) is 8.54. The number of benzene rings is 1. The van der Waals surface area contributed by atoms with Gasteiger partial charge in [-0.25, -0.2) is 32.7 Å². The quantitative estimate of drug-likeness (QED) is 0.785. The van der Waals surface area contributed by atoms with E-state index in [1.807, 2.05) is 4.72 Å². The Bertz CT molecular complexity index is 927. The number of ether oxygens (including phenoxy) is 1. The topological polar surface area (TPSA) is 127 Å². The first-order chi connectivity index (χ1) is 11.7. The van der Waals surface area contributed by atoms with Crippen molar-refractivity contribution >= 4 is 28.0 Å². The number of nitrogens with zero attached hydrogens (tertiary/aromatic N) is 2. The van der Waals surface area contributed by atoms with E-state index in [1.54, 1.807) is 13.8 Å². The molecule has 0 saturated heterocycles. The number of sulfonamides is 1. The summed E-state index contributed by atoms with van der Waals surface area (Å²) < 4.78 is 31.1. The van der Waals surface area contributed by atoms with E-state index in [1.165, 1.54) is 30.5 Å². The number of methoxy groups -OCH3 is 1. The van der Waals surface area contributed by atoms with Crippen molar-refractivity contribution in [3.8, 4) is 0 Å². The van der Waals surface area contributed by atoms with Gasteiger partial charge in [0.25, 0.3) is 10.0 Å². The average Bonchev–Trinajstić information content (AvgIpc) is 2.57. The molecule has 0 aliphatic rings. The van der Waals surface area contributed by atoms with E-state index >= 15 is 0 Å². The van der Waals surface area contributed by atoms with Crippen LogP contribution in [0.4, 0.5) is 10.7 Å². The number of aryl methyl sites for hydroxylation is 2. The van der Waals surface area contributed by atoms with Crippen LogP contribution in [-0.2, 0) is 14.8 Å². The lowest BCUT2D eigenvalue weighted by atomic mass is 10.2. The first kappa shape index (κ1) is 18.3. The van der Waals surface area contributed by atoms with Gasteiger partial charge in [-0.2, -0.15) is 0 Å². The zero-order chi connectivity index (χ0) is 18.6. The van der Waals surface area contributed by atoms with Gasteiger partial charge in [0, 0.05) is 11.9 Å². The SMILES string of the molecule is COC(=O)c1ccccc1S(=O)(=O)NC(=O)Nc1ncc(C)c(C)n1. The number of urea groups is 1. The van der Waals surface area contributed by atoms with E-state index in [-0.39, 0.29) is 16.4 Å². The molecule has 0 spiro atoms. The summed E-state index contributed by atoms with van der Waals surface area (Å²) in [5.41, 5.74) is 1.28. The minimum Gasteiger partial charge on any atom is -0.465 e. The second kappa shape index (κ2) is 7.26. The highest BCUT2D eigenvalue weighted by atomic mass is 32.2. The number of aromatic nitrogens is 2. The fraction of sp³-hybridized carbons (Fsp3) is 0.200. The molecule has 0 bridgehead atoms. The predicted octanol–water partition coefficient (Wildman–Crippen LogP) is 1.39. The Hall–Kier alpha value is -3.01. The summed E-state index contributed by atoms with van der Waals surface area (Å²) in [6.45, 7) is 3.52. The maximum absolute atomic E-state index is 12.4. The third-order valence-corrected chi connectivity index (χ3v) is 4.65. The Labute approximate surface area is 144 Å². The lowest BCUT2D eigenvalue weighted by molar-refractivity contribution is 0.0596. The van der Waals surface area contributed by atoms with Crippen molar-refractivity contribution in [1.82, 2.24) is 14.7 Å². The summed E-state index contributed by atoms with van der Waals surface area (Å²) in [6, 6.07) is 4.32. The molecule has 0 saturated carbocycles. The number of anilines is 1. The Morgan fingerprint density at radius 1 is 1.16 bits per heavy atom. The van der Waals surface area contributed by atoms with Gasteiger partial charge in [-0.3, -0.25) is 5.32 Å². The van der Waals surface area contributed by atoms with E-state index in [0.29, 0.717) is 5.69 Å². The molecule has 1 aromatic carbocycles. The molecule has 0 radical (unpaired) electrons. The Balaban J connectivity index is 2.22. The molecule has 2 rings (SSSR count). The monoisotopic (exact) mass is 364 g/mol. The fourth-order valence-electron chi connectivity index (χ4n) is 1.87. The molecule has 2 amide bonds. The maximum atomic E-state index is 12.4. The van der Waals surface area contributed by atoms with E-state index in [9.17, 15) is 18.0 Å². The zero-order valence-corrected chi connectivity index (χ0v) is 14.5. The van der Waals surface area contributed by atoms with Gasteiger partial charge in [0.2, 0.25) is 5.95 Å². The Morgan fingerprint density at radius 3 is 2.48 bits per heavy atom. The third kappa shape index (κ3) is 4.29. The standard InChI is InChI=1S/C15H16N4O5S/c1-9-8-16-14(17-10(9)2)18-15(21)19-25(22,23)12-7-5-4-6-11(12)13(20)24-3/h4-8H,1-3H3,(H2,16,17,18,19,21). The average molecular weight is 364 g/mol. The van der Waals surface area contributed by atoms with Crippen LogP contribution in [0.25, 0.3) is 0 Å². The van der Waals surface area contributed by atoms with Crippen molar-refractivity contribution in [2.75, 3.05) is 12.4 Å². The highest BCUT2D eigenvalue weighted by molar-refractivity contribution is 7.90. The van der Waals surface area contributed by atoms with Crippen molar-refractivity contribution in [1.29, 1.82) is 0 Å². The molecule has 0 aliphatic heterocycles. The number of hydrogen-bond donors (Lipinski definition) is 2. The van der Waals surface area contributed by atoms with E-state index < -0.39 is 22.0 Å². The van der Waals surface area contributed by atoms with Gasteiger partial charge < -0.3 is 4.74 Å². The summed E-state index contributed by atoms with van der Waals surface area (Å²) in [6.07, 6.45) is 1.50. The summed E-state index contributed by atoms with van der Waals surface area (Å²) in [5, 5.41) is 2.23. The first-order valence-electron chi connectivity index (χ1n) is 7.06. The second-order valence-electron chi connectivity index (χ2n) is 5.01. The van der Waals surface area contributed by atoms with Crippen LogP contribution in [-0.4, -0.2) is 37.5 Å². The molecule has 10 heteroatoms. The normalized spacial score (nSPS) is 10.8. The molecule has 132 valence electrons. The third-order valence-electron chi connectivity index (χ3n) is 3.26. The van der Waals surface area contributed by atoms with Gasteiger partial charge in [0.05, 0.1) is 12.7 Å². The molecular formula is C15H16N4O5S. The highest BCUT2D eigenvalue weighted by Crippen LogP contribution is 2.16. The Kier molecular flexibility index (Phi) is 5.32. The van der Waals surface area contributed by atoms with E-state index in [2.05, 4.69) is 20.0 Å². The van der Waals surface area contributed by atoms with Crippen LogP contribution in [0.5, 0.6) is 0 Å². The maximum Gasteiger partial charge on any atom is 0.339 e. The summed E-state index contributed by atoms with van der Waals surface area (Å²) in [7, 11) is -3.17. The molecule has 1 aromatic heterocycles. The summed E-state index contributed by atoms with van der Waals surface area (Å²) in [5.74, 6) is -0.879. The molecule has 25 heavy (non-hydrogen) atoms. The number of carbonyl (C=O) groups excluding carboxylic acids is 2. The predicted molar refractivity (Wildman–Crippen MR) is 88.6 cm³/mol. The van der Waals surface area contributed by atoms with Gasteiger partial charge in [-0.05, 0) is 31.5 Å². The van der Waals surface area contributed by atoms with Crippen molar-refractivity contribution in [3.05, 3.63) is 47.3 Å². The van der Waals surface area contributed by atoms with Crippen molar-refractivity contribution < 1.29 is 22.7 Å². The minimum absolute atomic E-state index is 0.0444. The Morgan fingerprint density at radius 2 is 1.84 bits per heavy atom. The molecule has 0 aliphatic carbocycles. The number of amides is 2. The van der Waals surface area contributed by atoms with E-state index in [0.717, 1.165) is 12.7 Å². The second-order valence-corrected chi connectivity index (χ2v) is 6.66. The molecule has 0 atom stereocenters. The smallest absolute Gasteiger partial charge is 0.339 e. The van der Waals surface area contributed by atoms with Gasteiger partial charge in [0.15, 0.2) is 0 Å². The van der Waals surface area contributed by atoms with Gasteiger partial charge in [0.1, 0.15) is 4.90 Å². The number of carbonyl (C=O) groups is 2. The van der Waals surface area contributed by atoms with Gasteiger partial charge in [-0.1, -0.05) is 12.1 Å². The molecular weight excluding hydrogens is 348 g/mol. The lowest BCUT2D eigenvalue weighted by Crippen LogP contribution is -2.35.